The predicted molar refractivity (Wildman–Crippen MR) is 89.6 cm³/mol. The van der Waals surface area contributed by atoms with E-state index in [9.17, 15) is 0 Å². The lowest BCUT2D eigenvalue weighted by Gasteiger charge is -1.95. The monoisotopic (exact) mass is 309 g/mol. The van der Waals surface area contributed by atoms with Crippen molar-refractivity contribution in [2.45, 2.75) is 13.8 Å². The number of guanidine groups is 3. The zero-order valence-electron chi connectivity index (χ0n) is 12.2. The van der Waals surface area contributed by atoms with Crippen LogP contribution in [0.4, 0.5) is 0 Å². The zero-order valence-corrected chi connectivity index (χ0v) is 12.2. The Morgan fingerprint density at radius 3 is 1.86 bits per heavy atom. The number of hydrazone groups is 1. The van der Waals surface area contributed by atoms with Crippen LogP contribution in [-0.2, 0) is 0 Å². The van der Waals surface area contributed by atoms with E-state index in [1.165, 1.54) is 12.4 Å². The summed E-state index contributed by atoms with van der Waals surface area (Å²) in [6.07, 6.45) is 2.64. The van der Waals surface area contributed by atoms with Crippen LogP contribution < -0.4 is 34.1 Å². The minimum atomic E-state index is -0.166. The molecule has 0 aromatic carbocycles. The first kappa shape index (κ1) is 18.5. The molecule has 0 radical (unpaired) electrons. The van der Waals surface area contributed by atoms with Gasteiger partial charge in [0.05, 0.1) is 23.9 Å². The first-order valence-electron chi connectivity index (χ1n) is 5.73. The summed E-state index contributed by atoms with van der Waals surface area (Å²) in [5.41, 5.74) is 29.2. The van der Waals surface area contributed by atoms with E-state index in [1.54, 1.807) is 13.8 Å². The Balaban J connectivity index is 4.51. The molecular weight excluding hydrogens is 290 g/mol. The first-order valence-corrected chi connectivity index (χ1v) is 5.73. The molecule has 0 aliphatic heterocycles. The van der Waals surface area contributed by atoms with Crippen molar-refractivity contribution in [2.24, 2.45) is 64.4 Å². The SMILES string of the molecule is CC(C=NNC(N)=NN=C(C)C=NN=C(N)N)=NN=C(N)N. The number of nitrogens with two attached hydrogens (primary N) is 5. The zero-order chi connectivity index (χ0) is 17.0. The highest BCUT2D eigenvalue weighted by Crippen LogP contribution is 1.79. The molecule has 0 fully saturated rings. The molecule has 0 bridgehead atoms. The fourth-order valence-corrected chi connectivity index (χ4v) is 0.714. The van der Waals surface area contributed by atoms with Crippen LogP contribution in [0.1, 0.15) is 13.8 Å². The second-order valence-electron chi connectivity index (χ2n) is 3.63. The van der Waals surface area contributed by atoms with Crippen LogP contribution in [-0.4, -0.2) is 41.7 Å². The molecule has 0 saturated carbocycles. The fraction of sp³-hybridized carbons (Fsp3) is 0.222. The van der Waals surface area contributed by atoms with Gasteiger partial charge in [0.25, 0.3) is 0 Å². The van der Waals surface area contributed by atoms with Crippen molar-refractivity contribution < 1.29 is 0 Å². The average molecular weight is 309 g/mol. The molecule has 120 valence electrons. The van der Waals surface area contributed by atoms with Gasteiger partial charge in [0.15, 0.2) is 0 Å². The Kier molecular flexibility index (Phi) is 8.66. The van der Waals surface area contributed by atoms with Crippen molar-refractivity contribution >= 4 is 41.7 Å². The summed E-state index contributed by atoms with van der Waals surface area (Å²) in [6.45, 7) is 3.26. The number of nitrogens with one attached hydrogen (secondary N) is 1. The third-order valence-corrected chi connectivity index (χ3v) is 1.49. The highest BCUT2D eigenvalue weighted by atomic mass is 15.4. The molecule has 0 saturated heterocycles. The molecule has 22 heavy (non-hydrogen) atoms. The Bertz CT molecular complexity index is 554. The maximum absolute atomic E-state index is 5.51. The van der Waals surface area contributed by atoms with E-state index in [4.69, 9.17) is 28.7 Å². The summed E-state index contributed by atoms with van der Waals surface area (Å²) < 4.78 is 0. The summed E-state index contributed by atoms with van der Waals surface area (Å²) in [7, 11) is 0. The predicted octanol–water partition coefficient (Wildman–Crippen LogP) is -2.84. The first-order chi connectivity index (χ1) is 10.3. The fourth-order valence-electron chi connectivity index (χ4n) is 0.714. The van der Waals surface area contributed by atoms with E-state index in [0.717, 1.165) is 0 Å². The summed E-state index contributed by atoms with van der Waals surface area (Å²) in [6, 6.07) is 0. The van der Waals surface area contributed by atoms with Gasteiger partial charge >= 0.3 is 0 Å². The van der Waals surface area contributed by atoms with E-state index in [-0.39, 0.29) is 17.9 Å². The Hall–Kier alpha value is -3.51. The van der Waals surface area contributed by atoms with Crippen molar-refractivity contribution in [1.82, 2.24) is 5.43 Å². The van der Waals surface area contributed by atoms with Gasteiger partial charge < -0.3 is 28.7 Å². The van der Waals surface area contributed by atoms with Crippen molar-refractivity contribution in [3.8, 4) is 0 Å². The molecule has 0 rings (SSSR count). The van der Waals surface area contributed by atoms with Crippen molar-refractivity contribution in [2.75, 3.05) is 0 Å². The third kappa shape index (κ3) is 11.6. The van der Waals surface area contributed by atoms with Crippen LogP contribution in [0.25, 0.3) is 0 Å². The van der Waals surface area contributed by atoms with Crippen LogP contribution in [0.2, 0.25) is 0 Å². The smallest absolute Gasteiger partial charge is 0.234 e. The molecule has 13 nitrogen and oxygen atoms in total. The van der Waals surface area contributed by atoms with E-state index < -0.39 is 0 Å². The molecule has 0 heterocycles. The van der Waals surface area contributed by atoms with E-state index in [1.807, 2.05) is 0 Å². The van der Waals surface area contributed by atoms with Crippen LogP contribution in [0.3, 0.4) is 0 Å². The summed E-state index contributed by atoms with van der Waals surface area (Å²) in [4.78, 5) is 0. The van der Waals surface area contributed by atoms with Gasteiger partial charge in [-0.1, -0.05) is 0 Å². The molecule has 13 heteroatoms. The highest BCUT2D eigenvalue weighted by Gasteiger charge is 1.89. The van der Waals surface area contributed by atoms with Gasteiger partial charge in [-0.25, -0.2) is 5.43 Å². The Morgan fingerprint density at radius 2 is 1.27 bits per heavy atom. The molecule has 0 aromatic rings. The lowest BCUT2D eigenvalue weighted by molar-refractivity contribution is 0.994. The number of nitrogens with zero attached hydrogens (tertiary/aromatic N) is 7. The quantitative estimate of drug-likeness (QED) is 0.172. The summed E-state index contributed by atoms with van der Waals surface area (Å²) in [5.74, 6) is -0.379. The van der Waals surface area contributed by atoms with Gasteiger partial charge in [0.1, 0.15) is 0 Å². The Morgan fingerprint density at radius 1 is 0.727 bits per heavy atom. The van der Waals surface area contributed by atoms with Crippen LogP contribution in [0, 0.1) is 0 Å². The molecule has 0 unspecified atom stereocenters. The molecule has 0 amide bonds. The van der Waals surface area contributed by atoms with Gasteiger partial charge in [-0.15, -0.1) is 15.3 Å². The van der Waals surface area contributed by atoms with Crippen LogP contribution in [0.15, 0.2) is 35.7 Å². The van der Waals surface area contributed by atoms with Gasteiger partial charge in [-0.3, -0.25) is 0 Å². The molecule has 0 aliphatic carbocycles. The van der Waals surface area contributed by atoms with Crippen molar-refractivity contribution in [3.05, 3.63) is 0 Å². The van der Waals surface area contributed by atoms with Gasteiger partial charge in [0.2, 0.25) is 17.9 Å². The van der Waals surface area contributed by atoms with Crippen molar-refractivity contribution in [3.63, 3.8) is 0 Å². The molecule has 11 N–H and O–H groups in total. The Labute approximate surface area is 126 Å². The standard InChI is InChI=1S/C9H19N13/c1-5(17-20-8(12)13)4-16-21-9(14)22-18-6(2)3-15-19-7(10)11/h3-4H,1-2H3,(H4,10,11,19)(H4,12,13,20)(H3,14,21,22). The highest BCUT2D eigenvalue weighted by molar-refractivity contribution is 6.30. The van der Waals surface area contributed by atoms with E-state index >= 15 is 0 Å². The van der Waals surface area contributed by atoms with Crippen molar-refractivity contribution in [1.29, 1.82) is 0 Å². The molecule has 0 spiro atoms. The topological polar surface area (TPSA) is 229 Å². The maximum atomic E-state index is 5.51. The van der Waals surface area contributed by atoms with Gasteiger partial charge in [0, 0.05) is 0 Å². The average Bonchev–Trinajstić information content (AvgIpc) is 2.42. The summed E-state index contributed by atoms with van der Waals surface area (Å²) in [5, 5.41) is 25.1. The molecule has 0 aliphatic rings. The normalized spacial score (nSPS) is 13.5. The van der Waals surface area contributed by atoms with Gasteiger partial charge in [-0.2, -0.15) is 20.4 Å². The van der Waals surface area contributed by atoms with E-state index in [2.05, 4.69) is 41.1 Å². The number of hydrogen-bond donors (Lipinski definition) is 6. The van der Waals surface area contributed by atoms with Crippen LogP contribution >= 0.6 is 0 Å². The second kappa shape index (κ2) is 10.3. The molecule has 0 atom stereocenters. The second-order valence-corrected chi connectivity index (χ2v) is 3.63. The minimum absolute atomic E-state index is 0.0551. The number of hydrogen-bond acceptors (Lipinski definition) is 7. The largest absolute Gasteiger partial charge is 0.369 e. The van der Waals surface area contributed by atoms with Gasteiger partial charge in [-0.05, 0) is 13.8 Å². The van der Waals surface area contributed by atoms with E-state index in [0.29, 0.717) is 11.4 Å². The lowest BCUT2D eigenvalue weighted by atomic mass is 10.5. The van der Waals surface area contributed by atoms with Crippen LogP contribution in [0.5, 0.6) is 0 Å². The molecule has 0 aromatic heterocycles. The molecular formula is C9H19N13. The third-order valence-electron chi connectivity index (χ3n) is 1.49. The number of rotatable bonds is 6. The lowest BCUT2D eigenvalue weighted by Crippen LogP contribution is -2.27. The summed E-state index contributed by atoms with van der Waals surface area (Å²) >= 11 is 0. The minimum Gasteiger partial charge on any atom is -0.369 e. The maximum Gasteiger partial charge on any atom is 0.234 e.